The highest BCUT2D eigenvalue weighted by Gasteiger charge is 2.46. The van der Waals surface area contributed by atoms with E-state index in [2.05, 4.69) is 24.5 Å². The van der Waals surface area contributed by atoms with Gasteiger partial charge in [0.1, 0.15) is 24.1 Å². The first kappa shape index (κ1) is 33.9. The van der Waals surface area contributed by atoms with Crippen molar-refractivity contribution in [2.45, 2.75) is 77.6 Å². The zero-order chi connectivity index (χ0) is 33.3. The summed E-state index contributed by atoms with van der Waals surface area (Å²) in [4.78, 5) is 28.5. The minimum absolute atomic E-state index is 0.0391. The van der Waals surface area contributed by atoms with Crippen molar-refractivity contribution < 1.29 is 26.7 Å². The Kier molecular flexibility index (Phi) is 10.0. The van der Waals surface area contributed by atoms with Crippen molar-refractivity contribution in [2.24, 2.45) is 11.3 Å². The molecule has 3 aliphatic heterocycles. The predicted octanol–water partition coefficient (Wildman–Crippen LogP) is 4.23. The van der Waals surface area contributed by atoms with Crippen molar-refractivity contribution in [1.82, 2.24) is 28.8 Å². The molecule has 0 bridgehead atoms. The lowest BCUT2D eigenvalue weighted by molar-refractivity contribution is 0.0617. The van der Waals surface area contributed by atoms with Gasteiger partial charge < -0.3 is 19.4 Å². The lowest BCUT2D eigenvalue weighted by atomic mass is 9.71. The van der Waals surface area contributed by atoms with Gasteiger partial charge in [0.05, 0.1) is 11.8 Å². The van der Waals surface area contributed by atoms with Gasteiger partial charge in [-0.25, -0.2) is 18.7 Å². The summed E-state index contributed by atoms with van der Waals surface area (Å²) in [5.41, 5.74) is 0.376. The molecule has 1 aromatic carbocycles. The van der Waals surface area contributed by atoms with Gasteiger partial charge in [-0.2, -0.15) is 17.4 Å². The van der Waals surface area contributed by atoms with Gasteiger partial charge in [0.2, 0.25) is 0 Å². The summed E-state index contributed by atoms with van der Waals surface area (Å²) in [6.07, 6.45) is 7.82. The summed E-state index contributed by atoms with van der Waals surface area (Å²) in [5.74, 6) is 1.13. The number of hydrogen-bond donors (Lipinski definition) is 1. The van der Waals surface area contributed by atoms with Crippen LogP contribution in [0.4, 0.5) is 14.6 Å². The molecule has 1 aromatic heterocycles. The van der Waals surface area contributed by atoms with Gasteiger partial charge in [0, 0.05) is 56.8 Å². The number of nitrogens with one attached hydrogen (secondary N) is 1. The van der Waals surface area contributed by atoms with Gasteiger partial charge in [-0.15, -0.1) is 0 Å². The van der Waals surface area contributed by atoms with Gasteiger partial charge in [0.15, 0.2) is 11.6 Å². The zero-order valence-electron chi connectivity index (χ0n) is 27.6. The third-order valence-electron chi connectivity index (χ3n) is 10.4. The van der Waals surface area contributed by atoms with Gasteiger partial charge in [-0.1, -0.05) is 0 Å². The summed E-state index contributed by atoms with van der Waals surface area (Å²) in [6, 6.07) is 3.88. The van der Waals surface area contributed by atoms with Crippen LogP contribution >= 0.6 is 0 Å². The van der Waals surface area contributed by atoms with E-state index in [0.717, 1.165) is 71.2 Å². The van der Waals surface area contributed by atoms with E-state index in [1.807, 2.05) is 20.8 Å². The maximum Gasteiger partial charge on any atom is 0.279 e. The molecular weight excluding hydrogens is 628 g/mol. The monoisotopic (exact) mass is 675 g/mol. The van der Waals surface area contributed by atoms with Crippen LogP contribution in [0.1, 0.15) is 69.7 Å². The molecule has 3 saturated heterocycles. The van der Waals surface area contributed by atoms with Crippen LogP contribution in [0.5, 0.6) is 11.5 Å². The number of benzene rings is 1. The normalized spacial score (nSPS) is 23.8. The Labute approximate surface area is 276 Å². The van der Waals surface area contributed by atoms with Crippen LogP contribution in [-0.4, -0.2) is 109 Å². The molecule has 4 fully saturated rings. The summed E-state index contributed by atoms with van der Waals surface area (Å²) >= 11 is 0. The summed E-state index contributed by atoms with van der Waals surface area (Å²) in [7, 11) is -3.58. The Morgan fingerprint density at radius 2 is 1.83 bits per heavy atom. The van der Waals surface area contributed by atoms with Crippen molar-refractivity contribution >= 4 is 21.9 Å². The molecule has 4 heterocycles. The van der Waals surface area contributed by atoms with Crippen molar-refractivity contribution in [2.75, 3.05) is 57.3 Å². The Morgan fingerprint density at radius 3 is 2.47 bits per heavy atom. The smallest absolute Gasteiger partial charge is 0.279 e. The lowest BCUT2D eigenvalue weighted by Crippen LogP contribution is -2.61. The Hall–Kier alpha value is -2.94. The van der Waals surface area contributed by atoms with Crippen LogP contribution in [0, 0.1) is 17.2 Å². The molecule has 6 rings (SSSR count). The standard InChI is InChI=1S/C33H47F2N7O4S/c1-4-42(23(2)3)32(43)28-15-25(34)7-10-29(28)46-30-16-36-22-37-31(30)40-20-33(21-40)11-13-39(14-12-33)17-24-5-8-27(9-6-24)38-47(44,45)41-18-26(35)19-41/h7,10,15-16,22-24,26-27,38H,4-6,8-9,11-14,17-21H2,1-3H3/t24-,27-. The van der Waals surface area contributed by atoms with Gasteiger partial charge in [-0.05, 0) is 96.5 Å². The first-order chi connectivity index (χ1) is 22.4. The highest BCUT2D eigenvalue weighted by molar-refractivity contribution is 7.87. The molecule has 1 saturated carbocycles. The minimum Gasteiger partial charge on any atom is -0.451 e. The Bertz CT molecular complexity index is 1520. The van der Waals surface area contributed by atoms with Gasteiger partial charge in [-0.3, -0.25) is 4.79 Å². The molecule has 1 N–H and O–H groups in total. The fraction of sp³-hybridized carbons (Fsp3) is 0.667. The van der Waals surface area contributed by atoms with Crippen LogP contribution < -0.4 is 14.4 Å². The number of rotatable bonds is 11. The average Bonchev–Trinajstić information content (AvgIpc) is 3.01. The number of aromatic nitrogens is 2. The molecule has 0 radical (unpaired) electrons. The average molecular weight is 676 g/mol. The van der Waals surface area contributed by atoms with Gasteiger partial charge >= 0.3 is 0 Å². The minimum atomic E-state index is -3.58. The molecule has 1 spiro atoms. The molecule has 11 nitrogen and oxygen atoms in total. The summed E-state index contributed by atoms with van der Waals surface area (Å²) in [5, 5.41) is 0. The third-order valence-corrected chi connectivity index (χ3v) is 12.0. The second-order valence-corrected chi connectivity index (χ2v) is 15.8. The summed E-state index contributed by atoms with van der Waals surface area (Å²) in [6.45, 7) is 10.9. The molecule has 4 aliphatic rings. The van der Waals surface area contributed by atoms with E-state index in [9.17, 15) is 22.0 Å². The highest BCUT2D eigenvalue weighted by Crippen LogP contribution is 2.45. The molecular formula is C33H47F2N7O4S. The van der Waals surface area contributed by atoms with Crippen LogP contribution in [0.25, 0.3) is 0 Å². The van der Waals surface area contributed by atoms with Crippen LogP contribution in [0.15, 0.2) is 30.7 Å². The number of amides is 1. The number of hydrogen-bond acceptors (Lipinski definition) is 8. The number of halogens is 2. The van der Waals surface area contributed by atoms with Crippen LogP contribution in [0.3, 0.4) is 0 Å². The molecule has 0 unspecified atom stereocenters. The topological polar surface area (TPSA) is 111 Å². The van der Waals surface area contributed by atoms with Crippen molar-refractivity contribution in [3.05, 3.63) is 42.1 Å². The van der Waals surface area contributed by atoms with Crippen molar-refractivity contribution in [3.8, 4) is 11.5 Å². The van der Waals surface area contributed by atoms with E-state index >= 15 is 0 Å². The lowest BCUT2D eigenvalue weighted by Gasteiger charge is -2.54. The predicted molar refractivity (Wildman–Crippen MR) is 175 cm³/mol. The fourth-order valence-electron chi connectivity index (χ4n) is 7.53. The molecule has 1 aliphatic carbocycles. The molecule has 1 amide bonds. The summed E-state index contributed by atoms with van der Waals surface area (Å²) < 4.78 is 62.5. The maximum atomic E-state index is 14.3. The van der Waals surface area contributed by atoms with E-state index < -0.39 is 22.2 Å². The molecule has 47 heavy (non-hydrogen) atoms. The number of piperidine rings is 1. The van der Waals surface area contributed by atoms with E-state index in [1.54, 1.807) is 11.1 Å². The second kappa shape index (κ2) is 13.9. The quantitative estimate of drug-likeness (QED) is 0.377. The SMILES string of the molecule is CCN(C(=O)c1cc(F)ccc1Oc1cncnc1N1CC2(CCN(C[C@H]3CC[C@H](NS(=O)(=O)N4CC(F)C4)CC3)CC2)C1)C(C)C. The third kappa shape index (κ3) is 7.55. The molecule has 2 aromatic rings. The second-order valence-electron chi connectivity index (χ2n) is 14.0. The van der Waals surface area contributed by atoms with E-state index in [0.29, 0.717) is 24.0 Å². The van der Waals surface area contributed by atoms with Crippen LogP contribution in [-0.2, 0) is 10.2 Å². The van der Waals surface area contributed by atoms with E-state index in [4.69, 9.17) is 4.74 Å². The zero-order valence-corrected chi connectivity index (χ0v) is 28.4. The van der Waals surface area contributed by atoms with Crippen molar-refractivity contribution in [3.63, 3.8) is 0 Å². The highest BCUT2D eigenvalue weighted by atomic mass is 32.2. The molecule has 14 heteroatoms. The number of carbonyl (C=O) groups excluding carboxylic acids is 1. The number of anilines is 1. The van der Waals surface area contributed by atoms with Crippen LogP contribution in [0.2, 0.25) is 0 Å². The van der Waals surface area contributed by atoms with Gasteiger partial charge in [0.25, 0.3) is 16.1 Å². The number of carbonyl (C=O) groups is 1. The molecule has 0 atom stereocenters. The van der Waals surface area contributed by atoms with E-state index in [-0.39, 0.29) is 47.8 Å². The Balaban J connectivity index is 0.997. The molecule has 258 valence electrons. The van der Waals surface area contributed by atoms with Crippen molar-refractivity contribution in [1.29, 1.82) is 0 Å². The fourth-order valence-corrected chi connectivity index (χ4v) is 9.05. The van der Waals surface area contributed by atoms with E-state index in [1.165, 1.54) is 28.8 Å². The number of nitrogens with zero attached hydrogens (tertiary/aromatic N) is 6. The number of alkyl halides is 1. The maximum absolute atomic E-state index is 14.3. The first-order valence-corrected chi connectivity index (χ1v) is 18.4. The number of ether oxygens (including phenoxy) is 1. The number of likely N-dealkylation sites (tertiary alicyclic amines) is 1. The Morgan fingerprint density at radius 1 is 1.13 bits per heavy atom. The first-order valence-electron chi connectivity index (χ1n) is 16.9. The largest absolute Gasteiger partial charge is 0.451 e.